The van der Waals surface area contributed by atoms with Crippen molar-refractivity contribution in [1.29, 1.82) is 0 Å². The van der Waals surface area contributed by atoms with Gasteiger partial charge in [0, 0.05) is 11.6 Å². The van der Waals surface area contributed by atoms with Gasteiger partial charge >= 0.3 is 5.97 Å². The van der Waals surface area contributed by atoms with Crippen LogP contribution in [0.5, 0.6) is 0 Å². The van der Waals surface area contributed by atoms with Crippen molar-refractivity contribution in [3.05, 3.63) is 63.4 Å². The summed E-state index contributed by atoms with van der Waals surface area (Å²) in [5.41, 5.74) is 6.64. The summed E-state index contributed by atoms with van der Waals surface area (Å²) in [6, 6.07) is 8.70. The van der Waals surface area contributed by atoms with Crippen molar-refractivity contribution in [2.24, 2.45) is 0 Å². The Morgan fingerprint density at radius 2 is 1.88 bits per heavy atom. The number of halogens is 3. The van der Waals surface area contributed by atoms with E-state index in [4.69, 9.17) is 33.7 Å². The number of esters is 1. The monoisotopic (exact) mass is 398 g/mol. The third-order valence-corrected chi connectivity index (χ3v) is 4.12. The van der Waals surface area contributed by atoms with E-state index in [1.54, 1.807) is 12.1 Å². The lowest BCUT2D eigenvalue weighted by Crippen LogP contribution is -2.37. The average molecular weight is 399 g/mol. The van der Waals surface area contributed by atoms with Gasteiger partial charge in [0.05, 0.1) is 16.3 Å². The molecule has 0 unspecified atom stereocenters. The number of hydrogen-bond donors (Lipinski definition) is 2. The fraction of sp³-hybridized carbons (Fsp3) is 0.222. The molecule has 8 heteroatoms. The minimum atomic E-state index is -1.03. The Balaban J connectivity index is 1.88. The van der Waals surface area contributed by atoms with Gasteiger partial charge in [0.1, 0.15) is 5.82 Å². The van der Waals surface area contributed by atoms with Crippen LogP contribution in [0.1, 0.15) is 22.8 Å². The fourth-order valence-corrected chi connectivity index (χ4v) is 2.65. The number of nitrogen functional groups attached to an aromatic ring is 1. The van der Waals surface area contributed by atoms with E-state index in [1.165, 1.54) is 31.2 Å². The van der Waals surface area contributed by atoms with Crippen LogP contribution in [-0.2, 0) is 16.0 Å². The number of ether oxygens (including phenoxy) is 1. The van der Waals surface area contributed by atoms with E-state index in [0.29, 0.717) is 13.0 Å². The topological polar surface area (TPSA) is 81.4 Å². The van der Waals surface area contributed by atoms with E-state index in [1.807, 2.05) is 0 Å². The second-order valence-electron chi connectivity index (χ2n) is 5.56. The molecule has 0 heterocycles. The summed E-state index contributed by atoms with van der Waals surface area (Å²) < 4.78 is 17.9. The molecule has 0 spiro atoms. The summed E-state index contributed by atoms with van der Waals surface area (Å²) in [7, 11) is 0. The standard InChI is InChI=1S/C18H17Cl2FN2O3/c1-10(17(24)23-7-6-11-2-4-13(21)5-3-11)26-18(25)14-8-12(19)9-15(20)16(14)22/h2-5,8-10H,6-7,22H2,1H3,(H,23,24)/t10-/m1/s1. The summed E-state index contributed by atoms with van der Waals surface area (Å²) in [6.45, 7) is 1.75. The minimum absolute atomic E-state index is 0.00605. The van der Waals surface area contributed by atoms with Gasteiger partial charge in [-0.3, -0.25) is 4.79 Å². The zero-order chi connectivity index (χ0) is 19.3. The molecule has 0 fully saturated rings. The van der Waals surface area contributed by atoms with Crippen LogP contribution >= 0.6 is 23.2 Å². The van der Waals surface area contributed by atoms with Crippen molar-refractivity contribution in [3.8, 4) is 0 Å². The summed E-state index contributed by atoms with van der Waals surface area (Å²) in [6.07, 6.45) is -0.517. The van der Waals surface area contributed by atoms with Crippen LogP contribution in [0, 0.1) is 5.82 Å². The zero-order valence-electron chi connectivity index (χ0n) is 13.9. The number of anilines is 1. The van der Waals surface area contributed by atoms with Crippen LogP contribution in [-0.4, -0.2) is 24.5 Å². The molecule has 0 saturated heterocycles. The normalized spacial score (nSPS) is 11.7. The molecule has 0 bridgehead atoms. The highest BCUT2D eigenvalue weighted by Gasteiger charge is 2.21. The summed E-state index contributed by atoms with van der Waals surface area (Å²) >= 11 is 11.7. The van der Waals surface area contributed by atoms with Gasteiger partial charge in [-0.05, 0) is 43.2 Å². The van der Waals surface area contributed by atoms with Gasteiger partial charge in [-0.25, -0.2) is 9.18 Å². The number of rotatable bonds is 6. The smallest absolute Gasteiger partial charge is 0.341 e. The molecule has 5 nitrogen and oxygen atoms in total. The lowest BCUT2D eigenvalue weighted by Gasteiger charge is -2.15. The Bertz CT molecular complexity index is 813. The molecule has 26 heavy (non-hydrogen) atoms. The van der Waals surface area contributed by atoms with E-state index in [0.717, 1.165) is 5.56 Å². The largest absolute Gasteiger partial charge is 0.449 e. The third-order valence-electron chi connectivity index (χ3n) is 3.59. The van der Waals surface area contributed by atoms with Crippen LogP contribution in [0.4, 0.5) is 10.1 Å². The second kappa shape index (κ2) is 8.87. The predicted octanol–water partition coefficient (Wildman–Crippen LogP) is 3.62. The highest BCUT2D eigenvalue weighted by atomic mass is 35.5. The van der Waals surface area contributed by atoms with Crippen molar-refractivity contribution >= 4 is 40.8 Å². The van der Waals surface area contributed by atoms with Gasteiger partial charge in [0.25, 0.3) is 5.91 Å². The molecule has 138 valence electrons. The van der Waals surface area contributed by atoms with E-state index >= 15 is 0 Å². The lowest BCUT2D eigenvalue weighted by molar-refractivity contribution is -0.129. The van der Waals surface area contributed by atoms with Crippen molar-refractivity contribution in [3.63, 3.8) is 0 Å². The molecule has 0 radical (unpaired) electrons. The summed E-state index contributed by atoms with van der Waals surface area (Å²) in [5.74, 6) is -1.58. The molecular formula is C18H17Cl2FN2O3. The summed E-state index contributed by atoms with van der Waals surface area (Å²) in [4.78, 5) is 24.2. The number of nitrogens with one attached hydrogen (secondary N) is 1. The number of hydrogen-bond acceptors (Lipinski definition) is 4. The van der Waals surface area contributed by atoms with Gasteiger partial charge in [-0.2, -0.15) is 0 Å². The molecule has 1 amide bonds. The Hall–Kier alpha value is -2.31. The number of carbonyl (C=O) groups excluding carboxylic acids is 2. The zero-order valence-corrected chi connectivity index (χ0v) is 15.4. The maximum Gasteiger partial charge on any atom is 0.341 e. The van der Waals surface area contributed by atoms with Crippen molar-refractivity contribution < 1.29 is 18.7 Å². The second-order valence-corrected chi connectivity index (χ2v) is 6.41. The SMILES string of the molecule is C[C@@H](OC(=O)c1cc(Cl)cc(Cl)c1N)C(=O)NCCc1ccc(F)cc1. The molecule has 0 aromatic heterocycles. The first-order valence-electron chi connectivity index (χ1n) is 7.75. The summed E-state index contributed by atoms with van der Waals surface area (Å²) in [5, 5.41) is 3.00. The van der Waals surface area contributed by atoms with E-state index in [9.17, 15) is 14.0 Å². The van der Waals surface area contributed by atoms with Gasteiger partial charge in [-0.1, -0.05) is 35.3 Å². The molecule has 0 aliphatic heterocycles. The quantitative estimate of drug-likeness (QED) is 0.574. The van der Waals surface area contributed by atoms with Crippen LogP contribution in [0.3, 0.4) is 0 Å². The Kier molecular flexibility index (Phi) is 6.83. The molecule has 2 aromatic rings. The third kappa shape index (κ3) is 5.34. The highest BCUT2D eigenvalue weighted by Crippen LogP contribution is 2.28. The van der Waals surface area contributed by atoms with Crippen LogP contribution in [0.15, 0.2) is 36.4 Å². The Morgan fingerprint density at radius 1 is 1.23 bits per heavy atom. The highest BCUT2D eigenvalue weighted by molar-refractivity contribution is 6.37. The molecule has 3 N–H and O–H groups in total. The van der Waals surface area contributed by atoms with Crippen LogP contribution < -0.4 is 11.1 Å². The average Bonchev–Trinajstić information content (AvgIpc) is 2.59. The van der Waals surface area contributed by atoms with Crippen molar-refractivity contribution in [2.75, 3.05) is 12.3 Å². The minimum Gasteiger partial charge on any atom is -0.449 e. The number of nitrogens with two attached hydrogens (primary N) is 1. The molecule has 0 aliphatic carbocycles. The molecule has 2 rings (SSSR count). The Morgan fingerprint density at radius 3 is 2.54 bits per heavy atom. The van der Waals surface area contributed by atoms with Crippen LogP contribution in [0.2, 0.25) is 10.0 Å². The van der Waals surface area contributed by atoms with E-state index in [-0.39, 0.29) is 27.1 Å². The van der Waals surface area contributed by atoms with Gasteiger partial charge in [0.2, 0.25) is 0 Å². The van der Waals surface area contributed by atoms with Gasteiger partial charge in [-0.15, -0.1) is 0 Å². The fourth-order valence-electron chi connectivity index (χ4n) is 2.16. The van der Waals surface area contributed by atoms with Crippen molar-refractivity contribution in [1.82, 2.24) is 5.32 Å². The predicted molar refractivity (Wildman–Crippen MR) is 98.9 cm³/mol. The molecule has 2 aromatic carbocycles. The molecule has 0 aliphatic rings. The molecule has 0 saturated carbocycles. The first-order valence-corrected chi connectivity index (χ1v) is 8.51. The molecular weight excluding hydrogens is 382 g/mol. The lowest BCUT2D eigenvalue weighted by atomic mass is 10.1. The molecule has 1 atom stereocenters. The van der Waals surface area contributed by atoms with E-state index in [2.05, 4.69) is 5.32 Å². The maximum absolute atomic E-state index is 12.8. The number of carbonyl (C=O) groups is 2. The first-order chi connectivity index (χ1) is 12.3. The Labute approximate surface area is 160 Å². The number of benzene rings is 2. The van der Waals surface area contributed by atoms with Gasteiger partial charge < -0.3 is 15.8 Å². The number of amides is 1. The van der Waals surface area contributed by atoms with E-state index < -0.39 is 18.0 Å². The van der Waals surface area contributed by atoms with Crippen molar-refractivity contribution in [2.45, 2.75) is 19.4 Å². The van der Waals surface area contributed by atoms with Crippen LogP contribution in [0.25, 0.3) is 0 Å². The first kappa shape index (κ1) is 20.0. The maximum atomic E-state index is 12.8. The van der Waals surface area contributed by atoms with Gasteiger partial charge in [0.15, 0.2) is 6.10 Å².